The molecule has 0 amide bonds. The fraction of sp³-hybridized carbons (Fsp3) is 0.680. The van der Waals surface area contributed by atoms with E-state index in [9.17, 15) is 8.78 Å². The van der Waals surface area contributed by atoms with Crippen molar-refractivity contribution in [3.05, 3.63) is 40.5 Å². The second-order valence-electron chi connectivity index (χ2n) is 9.08. The third-order valence-corrected chi connectivity index (χ3v) is 7.00. The molecular weight excluding hydrogens is 354 g/mol. The van der Waals surface area contributed by atoms with Gasteiger partial charge in [-0.3, -0.25) is 0 Å². The molecule has 1 aromatic carbocycles. The molecule has 2 aliphatic carbocycles. The molecule has 2 aliphatic rings. The van der Waals surface area contributed by atoms with Crippen LogP contribution < -0.4 is 4.74 Å². The van der Waals surface area contributed by atoms with Crippen LogP contribution in [0.3, 0.4) is 0 Å². The van der Waals surface area contributed by atoms with E-state index in [1.165, 1.54) is 56.9 Å². The molecular formula is C25H36F2O. The summed E-state index contributed by atoms with van der Waals surface area (Å²) in [5, 5.41) is 0. The number of ether oxygens (including phenoxy) is 1. The van der Waals surface area contributed by atoms with Crippen LogP contribution in [-0.2, 0) is 0 Å². The first-order valence-corrected chi connectivity index (χ1v) is 11.3. The fourth-order valence-corrected chi connectivity index (χ4v) is 5.15. The van der Waals surface area contributed by atoms with Crippen molar-refractivity contribution in [2.24, 2.45) is 17.8 Å². The van der Waals surface area contributed by atoms with Gasteiger partial charge in [-0.05, 0) is 86.5 Å². The summed E-state index contributed by atoms with van der Waals surface area (Å²) in [5.41, 5.74) is 2.21. The van der Waals surface area contributed by atoms with E-state index in [0.717, 1.165) is 30.6 Å². The molecule has 1 saturated carbocycles. The lowest BCUT2D eigenvalue weighted by molar-refractivity contribution is 0.183. The van der Waals surface area contributed by atoms with Crippen LogP contribution in [0.25, 0.3) is 0 Å². The van der Waals surface area contributed by atoms with Crippen molar-refractivity contribution in [1.29, 1.82) is 0 Å². The van der Waals surface area contributed by atoms with Gasteiger partial charge in [0, 0.05) is 0 Å². The maximum atomic E-state index is 14.2. The number of unbranched alkanes of at least 4 members (excludes halogenated alkanes) is 1. The van der Waals surface area contributed by atoms with Crippen LogP contribution in [0.1, 0.15) is 82.3 Å². The summed E-state index contributed by atoms with van der Waals surface area (Å²) >= 11 is 0. The molecule has 3 rings (SSSR count). The Kier molecular flexibility index (Phi) is 7.54. The number of hydrogen-bond donors (Lipinski definition) is 0. The predicted octanol–water partition coefficient (Wildman–Crippen LogP) is 7.68. The van der Waals surface area contributed by atoms with Crippen LogP contribution in [-0.4, -0.2) is 6.61 Å². The van der Waals surface area contributed by atoms with E-state index in [2.05, 4.69) is 13.0 Å². The van der Waals surface area contributed by atoms with Crippen molar-refractivity contribution in [2.75, 3.05) is 6.61 Å². The number of aryl methyl sites for hydroxylation is 2. The quantitative estimate of drug-likeness (QED) is 0.434. The molecule has 0 bridgehead atoms. The zero-order valence-electron chi connectivity index (χ0n) is 17.8. The Morgan fingerprint density at radius 3 is 2.36 bits per heavy atom. The van der Waals surface area contributed by atoms with E-state index in [0.29, 0.717) is 17.7 Å². The summed E-state index contributed by atoms with van der Waals surface area (Å²) in [7, 11) is 0. The summed E-state index contributed by atoms with van der Waals surface area (Å²) in [6, 6.07) is 1.65. The van der Waals surface area contributed by atoms with Crippen molar-refractivity contribution in [1.82, 2.24) is 0 Å². The molecule has 1 atom stereocenters. The highest BCUT2D eigenvalue weighted by atomic mass is 19.2. The van der Waals surface area contributed by atoms with Crippen LogP contribution in [0.2, 0.25) is 0 Å². The first kappa shape index (κ1) is 21.3. The van der Waals surface area contributed by atoms with Crippen LogP contribution in [0.4, 0.5) is 8.78 Å². The van der Waals surface area contributed by atoms with Crippen molar-refractivity contribution in [3.63, 3.8) is 0 Å². The number of rotatable bonds is 7. The third kappa shape index (κ3) is 5.15. The van der Waals surface area contributed by atoms with Crippen molar-refractivity contribution in [3.8, 4) is 5.75 Å². The zero-order chi connectivity index (χ0) is 20.1. The van der Waals surface area contributed by atoms with Crippen molar-refractivity contribution in [2.45, 2.75) is 85.0 Å². The number of allylic oxidation sites excluding steroid dienone is 1. The number of benzene rings is 1. The Morgan fingerprint density at radius 2 is 1.71 bits per heavy atom. The zero-order valence-corrected chi connectivity index (χ0v) is 17.8. The standard InChI is InChI=1S/C25H36F2O/c1-4-5-6-19-7-11-21(12-8-19)22-13-9-20(10-14-22)16-28-25-18(3)15-17(2)23(26)24(25)27/h9,15,19,21-22H,4-8,10-14,16H2,1-3H3. The van der Waals surface area contributed by atoms with E-state index in [-0.39, 0.29) is 5.75 Å². The highest BCUT2D eigenvalue weighted by molar-refractivity contribution is 5.38. The molecule has 1 unspecified atom stereocenters. The lowest BCUT2D eigenvalue weighted by Gasteiger charge is -2.35. The van der Waals surface area contributed by atoms with E-state index in [1.807, 2.05) is 0 Å². The largest absolute Gasteiger partial charge is 0.486 e. The molecule has 0 spiro atoms. The van der Waals surface area contributed by atoms with Crippen LogP contribution in [0, 0.1) is 43.2 Å². The molecule has 156 valence electrons. The SMILES string of the molecule is CCCCC1CCC(C2CC=C(COc3c(C)cc(C)c(F)c3F)CC2)CC1. The van der Waals surface area contributed by atoms with E-state index in [1.54, 1.807) is 19.9 Å². The average Bonchev–Trinajstić information content (AvgIpc) is 2.71. The molecule has 1 aromatic rings. The van der Waals surface area contributed by atoms with Gasteiger partial charge < -0.3 is 4.74 Å². The van der Waals surface area contributed by atoms with Gasteiger partial charge in [0.05, 0.1) is 0 Å². The molecule has 1 nitrogen and oxygen atoms in total. The highest BCUT2D eigenvalue weighted by Gasteiger charge is 2.28. The Morgan fingerprint density at radius 1 is 0.964 bits per heavy atom. The van der Waals surface area contributed by atoms with Gasteiger partial charge in [-0.2, -0.15) is 4.39 Å². The topological polar surface area (TPSA) is 9.23 Å². The highest BCUT2D eigenvalue weighted by Crippen LogP contribution is 2.41. The first-order valence-electron chi connectivity index (χ1n) is 11.3. The molecule has 0 aliphatic heterocycles. The molecule has 1 fully saturated rings. The predicted molar refractivity (Wildman–Crippen MR) is 112 cm³/mol. The Balaban J connectivity index is 1.48. The second kappa shape index (κ2) is 9.89. The minimum atomic E-state index is -0.855. The summed E-state index contributed by atoms with van der Waals surface area (Å²) in [4.78, 5) is 0. The normalized spacial score (nSPS) is 25.5. The van der Waals surface area contributed by atoms with E-state index in [4.69, 9.17) is 4.74 Å². The average molecular weight is 391 g/mol. The van der Waals surface area contributed by atoms with Gasteiger partial charge in [-0.1, -0.05) is 45.1 Å². The second-order valence-corrected chi connectivity index (χ2v) is 9.08. The molecule has 0 saturated heterocycles. The van der Waals surface area contributed by atoms with E-state index >= 15 is 0 Å². The van der Waals surface area contributed by atoms with Gasteiger partial charge in [0.25, 0.3) is 0 Å². The maximum Gasteiger partial charge on any atom is 0.201 e. The molecule has 0 N–H and O–H groups in total. The molecule has 0 aromatic heterocycles. The lowest BCUT2D eigenvalue weighted by atomic mass is 9.71. The summed E-state index contributed by atoms with van der Waals surface area (Å²) < 4.78 is 33.7. The Hall–Kier alpha value is -1.38. The van der Waals surface area contributed by atoms with Crippen molar-refractivity contribution < 1.29 is 13.5 Å². The minimum absolute atomic E-state index is 0.0662. The van der Waals surface area contributed by atoms with Gasteiger partial charge in [0.1, 0.15) is 6.61 Å². The monoisotopic (exact) mass is 390 g/mol. The molecule has 0 heterocycles. The first-order chi connectivity index (χ1) is 13.5. The lowest BCUT2D eigenvalue weighted by Crippen LogP contribution is -2.24. The Bertz CT molecular complexity index is 686. The molecule has 28 heavy (non-hydrogen) atoms. The molecule has 0 radical (unpaired) electrons. The van der Waals surface area contributed by atoms with Crippen LogP contribution in [0.5, 0.6) is 5.75 Å². The fourth-order valence-electron chi connectivity index (χ4n) is 5.15. The summed E-state index contributed by atoms with van der Waals surface area (Å²) in [5.74, 6) is 1.05. The smallest absolute Gasteiger partial charge is 0.201 e. The minimum Gasteiger partial charge on any atom is -0.486 e. The maximum absolute atomic E-state index is 14.2. The van der Waals surface area contributed by atoms with Crippen molar-refractivity contribution >= 4 is 0 Å². The van der Waals surface area contributed by atoms with Crippen LogP contribution in [0.15, 0.2) is 17.7 Å². The Labute approximate surface area is 169 Å². The molecule has 3 heteroatoms. The van der Waals surface area contributed by atoms with Gasteiger partial charge in [-0.15, -0.1) is 0 Å². The van der Waals surface area contributed by atoms with Gasteiger partial charge in [-0.25, -0.2) is 4.39 Å². The van der Waals surface area contributed by atoms with Gasteiger partial charge in [0.2, 0.25) is 5.82 Å². The summed E-state index contributed by atoms with van der Waals surface area (Å²) in [6.07, 6.45) is 15.4. The van der Waals surface area contributed by atoms with Crippen LogP contribution >= 0.6 is 0 Å². The number of hydrogen-bond acceptors (Lipinski definition) is 1. The number of halogens is 2. The van der Waals surface area contributed by atoms with Gasteiger partial charge in [0.15, 0.2) is 11.6 Å². The summed E-state index contributed by atoms with van der Waals surface area (Å²) in [6.45, 7) is 6.01. The third-order valence-electron chi connectivity index (χ3n) is 7.00. The van der Waals surface area contributed by atoms with E-state index < -0.39 is 11.6 Å². The van der Waals surface area contributed by atoms with Gasteiger partial charge >= 0.3 is 0 Å².